The van der Waals surface area contributed by atoms with Crippen molar-refractivity contribution in [2.45, 2.75) is 6.42 Å². The molecule has 0 saturated heterocycles. The van der Waals surface area contributed by atoms with Gasteiger partial charge in [-0.2, -0.15) is 0 Å². The molecule has 7 heteroatoms. The molecule has 0 atom stereocenters. The summed E-state index contributed by atoms with van der Waals surface area (Å²) in [6.07, 6.45) is 2.33. The number of hydrogen-bond donors (Lipinski definition) is 2. The first-order chi connectivity index (χ1) is 17.0. The normalized spacial score (nSPS) is 10.4. The Kier molecular flexibility index (Phi) is 7.37. The van der Waals surface area contributed by atoms with Crippen LogP contribution in [0.1, 0.15) is 26.3 Å². The molecule has 3 aromatic carbocycles. The van der Waals surface area contributed by atoms with Crippen LogP contribution in [0.4, 0.5) is 5.69 Å². The molecule has 1 aromatic heterocycles. The summed E-state index contributed by atoms with van der Waals surface area (Å²) in [6, 6.07) is 25.7. The minimum absolute atomic E-state index is 0.0302. The smallest absolute Gasteiger partial charge is 0.341 e. The highest BCUT2D eigenvalue weighted by Crippen LogP contribution is 2.25. The van der Waals surface area contributed by atoms with E-state index in [2.05, 4.69) is 22.4 Å². The number of carbonyl (C=O) groups is 2. The van der Waals surface area contributed by atoms with Crippen LogP contribution in [-0.4, -0.2) is 35.7 Å². The standard InChI is InChI=1S/C28H24N2O5/c1-34-27-25(28(32)33)17-22(18-29-27)20-8-5-9-21(16-20)26(31)30-23-10-12-24(13-11-23)35-15-14-19-6-3-2-4-7-19/h2-13,16-18H,14-15H2,1H3,(H,30,31)(H,32,33). The average Bonchev–Trinajstić information content (AvgIpc) is 2.90. The van der Waals surface area contributed by atoms with Gasteiger partial charge in [0.25, 0.3) is 5.91 Å². The van der Waals surface area contributed by atoms with Crippen molar-refractivity contribution in [2.24, 2.45) is 0 Å². The number of carboxylic acids is 1. The van der Waals surface area contributed by atoms with Crippen LogP contribution in [0.3, 0.4) is 0 Å². The number of pyridine rings is 1. The summed E-state index contributed by atoms with van der Waals surface area (Å²) in [5, 5.41) is 12.3. The maximum atomic E-state index is 12.8. The fourth-order valence-corrected chi connectivity index (χ4v) is 3.54. The number of methoxy groups -OCH3 is 1. The maximum Gasteiger partial charge on any atom is 0.341 e. The van der Waals surface area contributed by atoms with Crippen molar-refractivity contribution in [3.8, 4) is 22.8 Å². The van der Waals surface area contributed by atoms with Crippen LogP contribution in [0.15, 0.2) is 91.1 Å². The second-order valence-electron chi connectivity index (χ2n) is 7.73. The summed E-state index contributed by atoms with van der Waals surface area (Å²) in [4.78, 5) is 28.4. The Labute approximate surface area is 203 Å². The summed E-state index contributed by atoms with van der Waals surface area (Å²) >= 11 is 0. The summed E-state index contributed by atoms with van der Waals surface area (Å²) in [7, 11) is 1.36. The van der Waals surface area contributed by atoms with E-state index in [-0.39, 0.29) is 17.4 Å². The summed E-state index contributed by atoms with van der Waals surface area (Å²) < 4.78 is 10.8. The van der Waals surface area contributed by atoms with E-state index in [1.54, 1.807) is 36.4 Å². The first kappa shape index (κ1) is 23.5. The Balaban J connectivity index is 1.40. The number of rotatable bonds is 9. The Morgan fingerprint density at radius 1 is 0.914 bits per heavy atom. The van der Waals surface area contributed by atoms with Gasteiger partial charge in [-0.3, -0.25) is 4.79 Å². The van der Waals surface area contributed by atoms with Gasteiger partial charge in [0.2, 0.25) is 5.88 Å². The number of aromatic nitrogens is 1. The maximum absolute atomic E-state index is 12.8. The van der Waals surface area contributed by atoms with Crippen molar-refractivity contribution in [1.82, 2.24) is 4.98 Å². The van der Waals surface area contributed by atoms with Gasteiger partial charge >= 0.3 is 5.97 Å². The minimum atomic E-state index is -1.14. The van der Waals surface area contributed by atoms with E-state index in [1.165, 1.54) is 24.9 Å². The average molecular weight is 469 g/mol. The van der Waals surface area contributed by atoms with Gasteiger partial charge in [0, 0.05) is 29.4 Å². The minimum Gasteiger partial charge on any atom is -0.493 e. The van der Waals surface area contributed by atoms with Crippen molar-refractivity contribution in [1.29, 1.82) is 0 Å². The van der Waals surface area contributed by atoms with E-state index in [0.717, 1.165) is 12.2 Å². The van der Waals surface area contributed by atoms with Crippen LogP contribution < -0.4 is 14.8 Å². The molecule has 0 bridgehead atoms. The number of anilines is 1. The number of nitrogens with one attached hydrogen (secondary N) is 1. The second kappa shape index (κ2) is 11.0. The third-order valence-corrected chi connectivity index (χ3v) is 5.35. The van der Waals surface area contributed by atoms with E-state index in [4.69, 9.17) is 9.47 Å². The number of amides is 1. The molecule has 0 aliphatic rings. The number of carbonyl (C=O) groups excluding carboxylic acids is 1. The topological polar surface area (TPSA) is 97.8 Å². The number of aromatic carboxylic acids is 1. The number of ether oxygens (including phenoxy) is 2. The molecular formula is C28H24N2O5. The molecule has 0 spiro atoms. The fraction of sp³-hybridized carbons (Fsp3) is 0.107. The molecular weight excluding hydrogens is 444 g/mol. The molecule has 0 unspecified atom stereocenters. The number of nitrogens with zero attached hydrogens (tertiary/aromatic N) is 1. The van der Waals surface area contributed by atoms with Gasteiger partial charge in [0.15, 0.2) is 0 Å². The van der Waals surface area contributed by atoms with E-state index in [1.807, 2.05) is 30.3 Å². The highest BCUT2D eigenvalue weighted by molar-refractivity contribution is 6.05. The Bertz CT molecular complexity index is 1320. The molecule has 0 aliphatic carbocycles. The summed E-state index contributed by atoms with van der Waals surface area (Å²) in [6.45, 7) is 0.562. The summed E-state index contributed by atoms with van der Waals surface area (Å²) in [5.41, 5.74) is 3.45. The van der Waals surface area contributed by atoms with Gasteiger partial charge in [-0.1, -0.05) is 42.5 Å². The Morgan fingerprint density at radius 3 is 2.40 bits per heavy atom. The lowest BCUT2D eigenvalue weighted by Crippen LogP contribution is -2.12. The first-order valence-electron chi connectivity index (χ1n) is 11.0. The molecule has 7 nitrogen and oxygen atoms in total. The van der Waals surface area contributed by atoms with Gasteiger partial charge in [0.1, 0.15) is 11.3 Å². The second-order valence-corrected chi connectivity index (χ2v) is 7.73. The zero-order valence-corrected chi connectivity index (χ0v) is 19.1. The lowest BCUT2D eigenvalue weighted by molar-refractivity contribution is 0.0692. The van der Waals surface area contributed by atoms with E-state index >= 15 is 0 Å². The van der Waals surface area contributed by atoms with Gasteiger partial charge in [-0.05, 0) is 53.6 Å². The Hall–Kier alpha value is -4.65. The largest absolute Gasteiger partial charge is 0.493 e. The van der Waals surface area contributed by atoms with Gasteiger partial charge in [-0.25, -0.2) is 9.78 Å². The SMILES string of the molecule is COc1ncc(-c2cccc(C(=O)Nc3ccc(OCCc4ccccc4)cc3)c2)cc1C(=O)O. The molecule has 0 aliphatic heterocycles. The predicted molar refractivity (Wildman–Crippen MR) is 133 cm³/mol. The molecule has 4 rings (SSSR count). The lowest BCUT2D eigenvalue weighted by Gasteiger charge is -2.10. The van der Waals surface area contributed by atoms with Gasteiger partial charge in [0.05, 0.1) is 13.7 Å². The van der Waals surface area contributed by atoms with Gasteiger partial charge < -0.3 is 19.9 Å². The molecule has 35 heavy (non-hydrogen) atoms. The van der Waals surface area contributed by atoms with Crippen LogP contribution >= 0.6 is 0 Å². The highest BCUT2D eigenvalue weighted by atomic mass is 16.5. The Morgan fingerprint density at radius 2 is 1.69 bits per heavy atom. The van der Waals surface area contributed by atoms with Gasteiger partial charge in [-0.15, -0.1) is 0 Å². The molecule has 0 saturated carbocycles. The third-order valence-electron chi connectivity index (χ3n) is 5.35. The van der Waals surface area contributed by atoms with Crippen LogP contribution in [0.2, 0.25) is 0 Å². The lowest BCUT2D eigenvalue weighted by atomic mass is 10.0. The van der Waals surface area contributed by atoms with Crippen molar-refractivity contribution in [3.05, 3.63) is 108 Å². The quantitative estimate of drug-likeness (QED) is 0.345. The zero-order chi connectivity index (χ0) is 24.6. The number of hydrogen-bond acceptors (Lipinski definition) is 5. The molecule has 0 radical (unpaired) electrons. The molecule has 4 aromatic rings. The first-order valence-corrected chi connectivity index (χ1v) is 11.0. The fourth-order valence-electron chi connectivity index (χ4n) is 3.54. The summed E-state index contributed by atoms with van der Waals surface area (Å²) in [5.74, 6) is -0.674. The van der Waals surface area contributed by atoms with Crippen molar-refractivity contribution < 1.29 is 24.2 Å². The molecule has 2 N–H and O–H groups in total. The number of carboxylic acid groups (broad SMARTS) is 1. The molecule has 1 heterocycles. The third kappa shape index (κ3) is 6.03. The highest BCUT2D eigenvalue weighted by Gasteiger charge is 2.15. The van der Waals surface area contributed by atoms with E-state index in [9.17, 15) is 14.7 Å². The monoisotopic (exact) mass is 468 g/mol. The van der Waals surface area contributed by atoms with Crippen LogP contribution in [-0.2, 0) is 6.42 Å². The van der Waals surface area contributed by atoms with Crippen molar-refractivity contribution in [3.63, 3.8) is 0 Å². The molecule has 0 fully saturated rings. The van der Waals surface area contributed by atoms with Crippen molar-refractivity contribution >= 4 is 17.6 Å². The van der Waals surface area contributed by atoms with Crippen LogP contribution in [0.25, 0.3) is 11.1 Å². The molecule has 176 valence electrons. The van der Waals surface area contributed by atoms with E-state index in [0.29, 0.717) is 29.0 Å². The van der Waals surface area contributed by atoms with Crippen molar-refractivity contribution in [2.75, 3.05) is 19.0 Å². The van der Waals surface area contributed by atoms with Crippen LogP contribution in [0.5, 0.6) is 11.6 Å². The van der Waals surface area contributed by atoms with E-state index < -0.39 is 5.97 Å². The predicted octanol–water partition coefficient (Wildman–Crippen LogP) is 5.33. The zero-order valence-electron chi connectivity index (χ0n) is 19.1. The molecule has 1 amide bonds. The van der Waals surface area contributed by atoms with Crippen LogP contribution in [0, 0.1) is 0 Å². The number of benzene rings is 3.